The lowest BCUT2D eigenvalue weighted by molar-refractivity contribution is -0.131. The molecule has 1 aliphatic heterocycles. The lowest BCUT2D eigenvalue weighted by Crippen LogP contribution is -2.31. The third-order valence-electron chi connectivity index (χ3n) is 2.69. The third kappa shape index (κ3) is 3.17. The van der Waals surface area contributed by atoms with Crippen LogP contribution < -0.4 is 0 Å². The summed E-state index contributed by atoms with van der Waals surface area (Å²) in [5.41, 5.74) is 0.627. The Balaban J connectivity index is 2.13. The van der Waals surface area contributed by atoms with E-state index in [1.165, 1.54) is 18.2 Å². The Labute approximate surface area is 104 Å². The maximum Gasteiger partial charge on any atom is 0.225 e. The van der Waals surface area contributed by atoms with E-state index < -0.39 is 0 Å². The van der Waals surface area contributed by atoms with Gasteiger partial charge in [-0.2, -0.15) is 0 Å². The van der Waals surface area contributed by atoms with E-state index in [0.29, 0.717) is 43.3 Å². The highest BCUT2D eigenvalue weighted by Crippen LogP contribution is 2.19. The van der Waals surface area contributed by atoms with E-state index in [1.54, 1.807) is 4.90 Å². The molecule has 0 aliphatic carbocycles. The van der Waals surface area contributed by atoms with Crippen LogP contribution in [0.2, 0.25) is 5.02 Å². The molecule has 0 N–H and O–H groups in total. The maximum absolute atomic E-state index is 13.1. The summed E-state index contributed by atoms with van der Waals surface area (Å²) in [6.45, 7) is 1.81. The Hall–Kier alpha value is -1.13. The average Bonchev–Trinajstić information content (AvgIpc) is 2.50. The molecule has 1 aliphatic rings. The molecule has 0 spiro atoms. The van der Waals surface area contributed by atoms with Crippen LogP contribution in [0.5, 0.6) is 0 Å². The summed E-state index contributed by atoms with van der Waals surface area (Å²) in [4.78, 5) is 13.4. The van der Waals surface area contributed by atoms with E-state index in [4.69, 9.17) is 16.3 Å². The fourth-order valence-corrected chi connectivity index (χ4v) is 1.93. The summed E-state index contributed by atoms with van der Waals surface area (Å²) in [6.07, 6.45) is 0.368. The molecule has 2 rings (SSSR count). The predicted molar refractivity (Wildman–Crippen MR) is 62.3 cm³/mol. The van der Waals surface area contributed by atoms with E-state index in [2.05, 4.69) is 0 Å². The first-order valence-electron chi connectivity index (χ1n) is 5.46. The topological polar surface area (TPSA) is 29.5 Å². The fourth-order valence-electron chi connectivity index (χ4n) is 1.76. The zero-order valence-corrected chi connectivity index (χ0v) is 10.0. The van der Waals surface area contributed by atoms with Gasteiger partial charge in [0.15, 0.2) is 0 Å². The van der Waals surface area contributed by atoms with Crippen molar-refractivity contribution in [3.05, 3.63) is 34.6 Å². The van der Waals surface area contributed by atoms with Gasteiger partial charge in [0.25, 0.3) is 0 Å². The van der Waals surface area contributed by atoms with E-state index in [1.807, 2.05) is 0 Å². The highest BCUT2D eigenvalue weighted by molar-refractivity contribution is 6.31. The molecular weight excluding hydrogens is 245 g/mol. The van der Waals surface area contributed by atoms with Gasteiger partial charge in [0.2, 0.25) is 5.91 Å². The van der Waals surface area contributed by atoms with Crippen molar-refractivity contribution < 1.29 is 13.9 Å². The van der Waals surface area contributed by atoms with Gasteiger partial charge in [0, 0.05) is 18.1 Å². The van der Waals surface area contributed by atoms with E-state index in [9.17, 15) is 9.18 Å². The van der Waals surface area contributed by atoms with Crippen LogP contribution in [0.1, 0.15) is 12.0 Å². The molecule has 1 aromatic rings. The lowest BCUT2D eigenvalue weighted by atomic mass is 10.2. The Kier molecular flexibility index (Phi) is 3.97. The van der Waals surface area contributed by atoms with Gasteiger partial charge in [-0.05, 0) is 23.8 Å². The summed E-state index contributed by atoms with van der Waals surface area (Å²) in [5, 5.41) is 0.476. The van der Waals surface area contributed by atoms with Crippen molar-refractivity contribution in [1.82, 2.24) is 4.90 Å². The molecular formula is C12H13ClFNO2. The van der Waals surface area contributed by atoms with Gasteiger partial charge in [-0.1, -0.05) is 11.6 Å². The van der Waals surface area contributed by atoms with Gasteiger partial charge in [-0.15, -0.1) is 0 Å². The molecule has 17 heavy (non-hydrogen) atoms. The lowest BCUT2D eigenvalue weighted by Gasteiger charge is -2.20. The van der Waals surface area contributed by atoms with Crippen LogP contribution in [0.25, 0.3) is 0 Å². The van der Waals surface area contributed by atoms with Crippen molar-refractivity contribution in [2.24, 2.45) is 0 Å². The first kappa shape index (κ1) is 12.3. The molecule has 1 amide bonds. The van der Waals surface area contributed by atoms with Gasteiger partial charge in [0.1, 0.15) is 5.82 Å². The SMILES string of the molecule is O=C1CCOCCN1Cc1cc(F)ccc1Cl. The molecule has 0 bridgehead atoms. The number of benzene rings is 1. The Morgan fingerprint density at radius 3 is 3.06 bits per heavy atom. The molecule has 3 nitrogen and oxygen atoms in total. The summed E-state index contributed by atoms with van der Waals surface area (Å²) in [7, 11) is 0. The predicted octanol–water partition coefficient (Wildman–Crippen LogP) is 2.23. The van der Waals surface area contributed by atoms with Gasteiger partial charge >= 0.3 is 0 Å². The third-order valence-corrected chi connectivity index (χ3v) is 3.06. The number of hydrogen-bond donors (Lipinski definition) is 0. The molecule has 0 radical (unpaired) electrons. The molecule has 0 saturated carbocycles. The molecule has 0 atom stereocenters. The van der Waals surface area contributed by atoms with Crippen LogP contribution in [-0.2, 0) is 16.1 Å². The Morgan fingerprint density at radius 1 is 1.41 bits per heavy atom. The number of halogens is 2. The first-order valence-corrected chi connectivity index (χ1v) is 5.84. The van der Waals surface area contributed by atoms with E-state index in [0.717, 1.165) is 0 Å². The standard InChI is InChI=1S/C12H13ClFNO2/c13-11-2-1-10(14)7-9(11)8-15-4-6-17-5-3-12(15)16/h1-2,7H,3-6,8H2. The highest BCUT2D eigenvalue weighted by Gasteiger charge is 2.18. The zero-order chi connectivity index (χ0) is 12.3. The monoisotopic (exact) mass is 257 g/mol. The van der Waals surface area contributed by atoms with Gasteiger partial charge < -0.3 is 9.64 Å². The zero-order valence-electron chi connectivity index (χ0n) is 9.29. The number of ether oxygens (including phenoxy) is 1. The highest BCUT2D eigenvalue weighted by atomic mass is 35.5. The van der Waals surface area contributed by atoms with Gasteiger partial charge in [-0.25, -0.2) is 4.39 Å². The molecule has 92 valence electrons. The van der Waals surface area contributed by atoms with Crippen molar-refractivity contribution in [1.29, 1.82) is 0 Å². The number of rotatable bonds is 2. The van der Waals surface area contributed by atoms with Crippen LogP contribution in [0.4, 0.5) is 4.39 Å². The summed E-state index contributed by atoms with van der Waals surface area (Å²) < 4.78 is 18.3. The van der Waals surface area contributed by atoms with Crippen molar-refractivity contribution in [2.75, 3.05) is 19.8 Å². The van der Waals surface area contributed by atoms with Crippen molar-refractivity contribution in [3.8, 4) is 0 Å². The Morgan fingerprint density at radius 2 is 2.24 bits per heavy atom. The van der Waals surface area contributed by atoms with Crippen molar-refractivity contribution >= 4 is 17.5 Å². The second-order valence-electron chi connectivity index (χ2n) is 3.91. The minimum absolute atomic E-state index is 0.0165. The van der Waals surface area contributed by atoms with Crippen LogP contribution in [0.3, 0.4) is 0 Å². The second-order valence-corrected chi connectivity index (χ2v) is 4.32. The van der Waals surface area contributed by atoms with Crippen LogP contribution in [0.15, 0.2) is 18.2 Å². The normalized spacial score (nSPS) is 17.1. The Bertz CT molecular complexity index is 425. The largest absolute Gasteiger partial charge is 0.379 e. The summed E-state index contributed by atoms with van der Waals surface area (Å²) in [6, 6.07) is 4.17. The van der Waals surface area contributed by atoms with Crippen LogP contribution in [0, 0.1) is 5.82 Å². The fraction of sp³-hybridized carbons (Fsp3) is 0.417. The maximum atomic E-state index is 13.1. The van der Waals surface area contributed by atoms with Gasteiger partial charge in [-0.3, -0.25) is 4.79 Å². The van der Waals surface area contributed by atoms with Crippen LogP contribution in [-0.4, -0.2) is 30.6 Å². The van der Waals surface area contributed by atoms with Crippen molar-refractivity contribution in [3.63, 3.8) is 0 Å². The molecule has 0 unspecified atom stereocenters. The molecule has 1 aromatic carbocycles. The van der Waals surface area contributed by atoms with E-state index in [-0.39, 0.29) is 11.7 Å². The number of carbonyl (C=O) groups excluding carboxylic acids is 1. The number of nitrogens with zero attached hydrogens (tertiary/aromatic N) is 1. The molecule has 1 heterocycles. The smallest absolute Gasteiger partial charge is 0.225 e. The van der Waals surface area contributed by atoms with Crippen LogP contribution >= 0.6 is 11.6 Å². The number of hydrogen-bond acceptors (Lipinski definition) is 2. The minimum atomic E-state index is -0.345. The molecule has 5 heteroatoms. The quantitative estimate of drug-likeness (QED) is 0.813. The molecule has 1 saturated heterocycles. The van der Waals surface area contributed by atoms with E-state index >= 15 is 0 Å². The molecule has 0 aromatic heterocycles. The summed E-state index contributed by atoms with van der Waals surface area (Å²) >= 11 is 5.97. The summed E-state index contributed by atoms with van der Waals surface area (Å²) in [5.74, 6) is -0.328. The van der Waals surface area contributed by atoms with Gasteiger partial charge in [0.05, 0.1) is 19.6 Å². The number of amides is 1. The average molecular weight is 258 g/mol. The number of carbonyl (C=O) groups is 1. The molecule has 1 fully saturated rings. The second kappa shape index (κ2) is 5.47. The first-order chi connectivity index (χ1) is 8.16. The van der Waals surface area contributed by atoms with Crippen molar-refractivity contribution in [2.45, 2.75) is 13.0 Å². The minimum Gasteiger partial charge on any atom is -0.379 e.